The predicted octanol–water partition coefficient (Wildman–Crippen LogP) is 5.47. The van der Waals surface area contributed by atoms with E-state index in [0.717, 1.165) is 32.1 Å². The first-order valence-electron chi connectivity index (χ1n) is 7.14. The van der Waals surface area contributed by atoms with Gasteiger partial charge in [-0.1, -0.05) is 47.2 Å². The maximum absolute atomic E-state index is 5.47. The number of allylic oxidation sites excluding steroid dienone is 6. The van der Waals surface area contributed by atoms with Gasteiger partial charge in [-0.3, -0.25) is 0 Å². The molecule has 0 radical (unpaired) electrons. The molecule has 0 fully saturated rings. The Morgan fingerprint density at radius 3 is 1.63 bits per heavy atom. The minimum Gasteiger partial charge on any atom is -0.393 e. The summed E-state index contributed by atoms with van der Waals surface area (Å²) in [6.07, 6.45) is 13.3. The largest absolute Gasteiger partial charge is 0.393 e. The molecule has 0 spiro atoms. The van der Waals surface area contributed by atoms with E-state index in [2.05, 4.69) is 45.9 Å². The van der Waals surface area contributed by atoms with Crippen LogP contribution in [0.1, 0.15) is 66.2 Å². The predicted molar refractivity (Wildman–Crippen MR) is 91.4 cm³/mol. The summed E-state index contributed by atoms with van der Waals surface area (Å²) in [6, 6.07) is 0. The Bertz CT molecular complexity index is 357. The molecule has 0 saturated heterocycles. The Hall–Kier alpha value is -0.890. The van der Waals surface area contributed by atoms with Gasteiger partial charge in [0.15, 0.2) is 0 Å². The van der Waals surface area contributed by atoms with E-state index in [-0.39, 0.29) is 0 Å². The molecule has 108 valence electrons. The van der Waals surface area contributed by atoms with Crippen molar-refractivity contribution in [3.05, 3.63) is 34.9 Å². The molecule has 0 bridgehead atoms. The molecular weight excluding hydrogens is 250 g/mol. The van der Waals surface area contributed by atoms with Crippen LogP contribution in [-0.2, 0) is 0 Å². The zero-order chi connectivity index (χ0) is 14.7. The van der Waals surface area contributed by atoms with Crippen molar-refractivity contribution in [2.45, 2.75) is 66.2 Å². The van der Waals surface area contributed by atoms with E-state index in [0.29, 0.717) is 4.99 Å². The van der Waals surface area contributed by atoms with Gasteiger partial charge in [0, 0.05) is 6.42 Å². The lowest BCUT2D eigenvalue weighted by Gasteiger charge is -2.01. The first kappa shape index (κ1) is 18.1. The number of thiocarbonyl (C=S) groups is 1. The highest BCUT2D eigenvalue weighted by atomic mass is 32.1. The highest BCUT2D eigenvalue weighted by Gasteiger charge is 1.93. The summed E-state index contributed by atoms with van der Waals surface area (Å²) < 4.78 is 0. The Balaban J connectivity index is 3.86. The van der Waals surface area contributed by atoms with Gasteiger partial charge in [0.25, 0.3) is 0 Å². The average Bonchev–Trinajstić information content (AvgIpc) is 2.27. The van der Waals surface area contributed by atoms with Crippen LogP contribution < -0.4 is 5.73 Å². The third-order valence-electron chi connectivity index (χ3n) is 3.01. The van der Waals surface area contributed by atoms with E-state index < -0.39 is 0 Å². The van der Waals surface area contributed by atoms with Gasteiger partial charge in [-0.05, 0) is 59.8 Å². The molecule has 0 aromatic rings. The van der Waals surface area contributed by atoms with Crippen LogP contribution in [-0.4, -0.2) is 4.99 Å². The summed E-state index contributed by atoms with van der Waals surface area (Å²) in [5.41, 5.74) is 9.81. The topological polar surface area (TPSA) is 26.0 Å². The van der Waals surface area contributed by atoms with Gasteiger partial charge < -0.3 is 5.73 Å². The molecule has 1 nitrogen and oxygen atoms in total. The van der Waals surface area contributed by atoms with Crippen molar-refractivity contribution >= 4 is 17.2 Å². The molecule has 0 aromatic carbocycles. The average molecular weight is 279 g/mol. The molecule has 0 amide bonds. The van der Waals surface area contributed by atoms with Gasteiger partial charge in [0.05, 0.1) is 4.99 Å². The maximum Gasteiger partial charge on any atom is 0.0730 e. The Morgan fingerprint density at radius 2 is 1.21 bits per heavy atom. The number of rotatable bonds is 9. The standard InChI is InChI=1S/C17H29NS/c1-14(2)8-5-9-15(3)10-6-11-16(4)12-7-13-17(18)19/h8,10,12H,5-7,9,11,13H2,1-4H3,(H2,18,19)/b15-10+,16-12+. The molecular formula is C17H29NS. The first-order valence-corrected chi connectivity index (χ1v) is 7.55. The highest BCUT2D eigenvalue weighted by molar-refractivity contribution is 7.80. The van der Waals surface area contributed by atoms with Crippen molar-refractivity contribution in [3.8, 4) is 0 Å². The van der Waals surface area contributed by atoms with E-state index in [1.165, 1.54) is 23.1 Å². The van der Waals surface area contributed by atoms with Gasteiger partial charge in [-0.25, -0.2) is 0 Å². The SMILES string of the molecule is CC(C)=CCC/C(C)=C/CC/C(C)=C/CCC(N)=S. The third kappa shape index (κ3) is 13.3. The zero-order valence-corrected chi connectivity index (χ0v) is 13.8. The molecule has 0 aromatic heterocycles. The summed E-state index contributed by atoms with van der Waals surface area (Å²) in [4.78, 5) is 0.610. The second-order valence-electron chi connectivity index (χ2n) is 5.46. The van der Waals surface area contributed by atoms with Crippen LogP contribution in [0.15, 0.2) is 34.9 Å². The fourth-order valence-electron chi connectivity index (χ4n) is 1.80. The molecule has 0 rings (SSSR count). The molecule has 0 aliphatic heterocycles. The van der Waals surface area contributed by atoms with E-state index >= 15 is 0 Å². The van der Waals surface area contributed by atoms with Crippen LogP contribution in [0.2, 0.25) is 0 Å². The quantitative estimate of drug-likeness (QED) is 0.447. The van der Waals surface area contributed by atoms with Crippen molar-refractivity contribution < 1.29 is 0 Å². The van der Waals surface area contributed by atoms with Gasteiger partial charge >= 0.3 is 0 Å². The molecule has 19 heavy (non-hydrogen) atoms. The summed E-state index contributed by atoms with van der Waals surface area (Å²) in [6.45, 7) is 8.72. The Kier molecular flexibility index (Phi) is 10.5. The molecule has 2 N–H and O–H groups in total. The van der Waals surface area contributed by atoms with Crippen molar-refractivity contribution in [3.63, 3.8) is 0 Å². The van der Waals surface area contributed by atoms with Gasteiger partial charge in [0.1, 0.15) is 0 Å². The summed E-state index contributed by atoms with van der Waals surface area (Å²) in [5, 5.41) is 0. The van der Waals surface area contributed by atoms with Crippen LogP contribution in [0.5, 0.6) is 0 Å². The first-order chi connectivity index (χ1) is 8.91. The lowest BCUT2D eigenvalue weighted by atomic mass is 10.1. The number of nitrogens with two attached hydrogens (primary N) is 1. The molecule has 0 saturated carbocycles. The maximum atomic E-state index is 5.47. The Labute approximate surface area is 124 Å². The summed E-state index contributed by atoms with van der Waals surface area (Å²) >= 11 is 4.86. The van der Waals surface area contributed by atoms with Crippen LogP contribution in [0.3, 0.4) is 0 Å². The van der Waals surface area contributed by atoms with Crippen molar-refractivity contribution in [2.24, 2.45) is 5.73 Å². The van der Waals surface area contributed by atoms with Crippen molar-refractivity contribution in [2.75, 3.05) is 0 Å². The third-order valence-corrected chi connectivity index (χ3v) is 3.21. The smallest absolute Gasteiger partial charge is 0.0730 e. The van der Waals surface area contributed by atoms with Crippen LogP contribution in [0.25, 0.3) is 0 Å². The zero-order valence-electron chi connectivity index (χ0n) is 13.0. The van der Waals surface area contributed by atoms with Gasteiger partial charge in [-0.15, -0.1) is 0 Å². The van der Waals surface area contributed by atoms with Crippen LogP contribution in [0.4, 0.5) is 0 Å². The normalized spacial score (nSPS) is 12.4. The monoisotopic (exact) mass is 279 g/mol. The fraction of sp³-hybridized carbons (Fsp3) is 0.588. The summed E-state index contributed by atoms with van der Waals surface area (Å²) in [7, 11) is 0. The molecule has 0 heterocycles. The fourth-order valence-corrected chi connectivity index (χ4v) is 1.92. The molecule has 0 atom stereocenters. The van der Waals surface area contributed by atoms with Crippen LogP contribution in [0, 0.1) is 0 Å². The lowest BCUT2D eigenvalue weighted by Crippen LogP contribution is -2.06. The van der Waals surface area contributed by atoms with E-state index in [1.54, 1.807) is 0 Å². The van der Waals surface area contributed by atoms with Gasteiger partial charge in [0.2, 0.25) is 0 Å². The van der Waals surface area contributed by atoms with Crippen molar-refractivity contribution in [1.29, 1.82) is 0 Å². The summed E-state index contributed by atoms with van der Waals surface area (Å²) in [5.74, 6) is 0. The Morgan fingerprint density at radius 1 is 0.789 bits per heavy atom. The number of hydrogen-bond acceptors (Lipinski definition) is 1. The van der Waals surface area contributed by atoms with Gasteiger partial charge in [-0.2, -0.15) is 0 Å². The molecule has 0 aliphatic rings. The minimum absolute atomic E-state index is 0.610. The van der Waals surface area contributed by atoms with E-state index in [4.69, 9.17) is 18.0 Å². The van der Waals surface area contributed by atoms with Crippen molar-refractivity contribution in [1.82, 2.24) is 0 Å². The minimum atomic E-state index is 0.610. The highest BCUT2D eigenvalue weighted by Crippen LogP contribution is 2.12. The van der Waals surface area contributed by atoms with E-state index in [1.807, 2.05) is 0 Å². The van der Waals surface area contributed by atoms with Crippen LogP contribution >= 0.6 is 12.2 Å². The molecule has 0 unspecified atom stereocenters. The molecule has 2 heteroatoms. The second kappa shape index (κ2) is 11.0. The number of hydrogen-bond donors (Lipinski definition) is 1. The lowest BCUT2D eigenvalue weighted by molar-refractivity contribution is 0.910. The molecule has 0 aliphatic carbocycles. The van der Waals surface area contributed by atoms with E-state index in [9.17, 15) is 0 Å². The second-order valence-corrected chi connectivity index (χ2v) is 5.99.